The number of nitrogens with one attached hydrogen (secondary N) is 7. The smallest absolute Gasteiger partial charge is 0.314 e. The van der Waals surface area contributed by atoms with E-state index >= 15 is 0 Å². The Morgan fingerprint density at radius 3 is 1.81 bits per heavy atom. The molecule has 81 heavy (non-hydrogen) atoms. The summed E-state index contributed by atoms with van der Waals surface area (Å²) in [5.41, 5.74) is 4.55. The highest BCUT2D eigenvalue weighted by Crippen LogP contribution is 2.28. The Bertz CT molecular complexity index is 2830. The van der Waals surface area contributed by atoms with Gasteiger partial charge in [-0.15, -0.1) is 0 Å². The molecule has 7 rings (SSSR count). The molecule has 3 saturated heterocycles. The largest absolute Gasteiger partial charge is 0.508 e. The Morgan fingerprint density at radius 2 is 1.23 bits per heavy atom. The van der Waals surface area contributed by atoms with Crippen molar-refractivity contribution in [2.75, 3.05) is 33.3 Å². The van der Waals surface area contributed by atoms with Crippen LogP contribution in [0.1, 0.15) is 88.1 Å². The van der Waals surface area contributed by atoms with Crippen LogP contribution in [0.25, 0.3) is 22.3 Å². The van der Waals surface area contributed by atoms with Crippen LogP contribution in [0.2, 0.25) is 0 Å². The first-order chi connectivity index (χ1) is 38.8. The molecule has 3 fully saturated rings. The molecule has 0 spiro atoms. The van der Waals surface area contributed by atoms with Crippen LogP contribution >= 0.6 is 0 Å². The van der Waals surface area contributed by atoms with E-state index in [2.05, 4.69) is 44.1 Å². The standard InChI is InChI=1S/C59H75N9O13/c1-5-6-7-29-81-45-25-21-40(22-26-45)38-15-13-37(14-16-38)39-17-19-41(20-18-39)52(73)63-46-9-8-28-61-55(76)48-30-42(62-59(80)60-4)32-67(48)57(78)50(34(2)69)66-54(75)47(27-12-36-10-23-43(71)24-11-36)64-56(77)49-31-44(72)33-68(49)58(79)51(35(3)70)65-53(46)74/h10-11,13-26,34-35,42,44,46-51,69-72H,5-9,12,27-33H2,1-4H3,(H,61,76)(H,63,73)(H,64,77)(H,65,74)(H,66,75)(H2,60,62,80)/t34-,35-,42+,44-,46?,47?,48?,49?,50?,51?/m1/s1. The van der Waals surface area contributed by atoms with E-state index in [9.17, 15) is 58.8 Å². The van der Waals surface area contributed by atoms with Gasteiger partial charge in [0.05, 0.1) is 31.0 Å². The zero-order valence-corrected chi connectivity index (χ0v) is 46.1. The number of hydrogen-bond acceptors (Lipinski definition) is 13. The molecular formula is C59H75N9O13. The van der Waals surface area contributed by atoms with E-state index in [0.717, 1.165) is 57.1 Å². The van der Waals surface area contributed by atoms with E-state index < -0.39 is 115 Å². The minimum absolute atomic E-state index is 0.0125. The Morgan fingerprint density at radius 1 is 0.679 bits per heavy atom. The Labute approximate surface area is 470 Å². The first-order valence-corrected chi connectivity index (χ1v) is 27.7. The number of hydrogen-bond donors (Lipinski definition) is 11. The van der Waals surface area contributed by atoms with Gasteiger partial charge < -0.3 is 72.2 Å². The molecule has 0 radical (unpaired) electrons. The second kappa shape index (κ2) is 28.4. The number of amides is 9. The summed E-state index contributed by atoms with van der Waals surface area (Å²) in [5, 5.41) is 61.4. The molecule has 3 heterocycles. The third kappa shape index (κ3) is 16.1. The summed E-state index contributed by atoms with van der Waals surface area (Å²) >= 11 is 0. The quantitative estimate of drug-likeness (QED) is 0.0761. The van der Waals surface area contributed by atoms with Gasteiger partial charge in [-0.1, -0.05) is 80.4 Å². The molecule has 0 aliphatic carbocycles. The lowest BCUT2D eigenvalue weighted by molar-refractivity contribution is -0.145. The molecule has 6 unspecified atom stereocenters. The summed E-state index contributed by atoms with van der Waals surface area (Å²) in [5.74, 6) is -5.05. The van der Waals surface area contributed by atoms with E-state index in [4.69, 9.17) is 4.74 Å². The number of aliphatic hydroxyl groups is 3. The second-order valence-electron chi connectivity index (χ2n) is 21.0. The van der Waals surface area contributed by atoms with Crippen molar-refractivity contribution < 1.29 is 63.5 Å². The van der Waals surface area contributed by atoms with Crippen molar-refractivity contribution in [2.24, 2.45) is 0 Å². The lowest BCUT2D eigenvalue weighted by atomic mass is 9.99. The van der Waals surface area contributed by atoms with Crippen LogP contribution in [0.3, 0.4) is 0 Å². The Kier molecular flexibility index (Phi) is 21.2. The van der Waals surface area contributed by atoms with Gasteiger partial charge in [0.25, 0.3) is 5.91 Å². The lowest BCUT2D eigenvalue weighted by Crippen LogP contribution is -2.61. The molecule has 4 aromatic carbocycles. The summed E-state index contributed by atoms with van der Waals surface area (Å²) in [7, 11) is 1.39. The molecule has 3 aliphatic heterocycles. The van der Waals surface area contributed by atoms with Crippen molar-refractivity contribution in [3.8, 4) is 33.8 Å². The molecule has 4 aromatic rings. The Balaban J connectivity index is 1.14. The van der Waals surface area contributed by atoms with Gasteiger partial charge in [0.1, 0.15) is 47.8 Å². The van der Waals surface area contributed by atoms with Crippen LogP contribution in [0, 0.1) is 0 Å². The van der Waals surface area contributed by atoms with Gasteiger partial charge in [-0.25, -0.2) is 4.79 Å². The molecule has 3 aliphatic rings. The van der Waals surface area contributed by atoms with Crippen molar-refractivity contribution >= 4 is 47.4 Å². The molecule has 22 nitrogen and oxygen atoms in total. The third-order valence-corrected chi connectivity index (χ3v) is 14.9. The van der Waals surface area contributed by atoms with Crippen molar-refractivity contribution in [1.82, 2.24) is 47.0 Å². The Hall–Kier alpha value is -8.08. The molecule has 9 amide bonds. The summed E-state index contributed by atoms with van der Waals surface area (Å²) in [4.78, 5) is 115. The number of carbonyl (C=O) groups is 8. The van der Waals surface area contributed by atoms with Gasteiger partial charge in [0, 0.05) is 38.7 Å². The lowest BCUT2D eigenvalue weighted by Gasteiger charge is -2.32. The summed E-state index contributed by atoms with van der Waals surface area (Å²) in [6.45, 7) is 4.63. The maximum atomic E-state index is 14.5. The highest BCUT2D eigenvalue weighted by Gasteiger charge is 2.46. The van der Waals surface area contributed by atoms with Crippen LogP contribution in [-0.4, -0.2) is 172 Å². The normalized spacial score (nSPS) is 24.0. The average Bonchev–Trinajstić information content (AvgIpc) is 4.13. The minimum Gasteiger partial charge on any atom is -0.508 e. The summed E-state index contributed by atoms with van der Waals surface area (Å²) in [6.07, 6.45) is -1.54. The molecule has 11 N–H and O–H groups in total. The van der Waals surface area contributed by atoms with Crippen LogP contribution in [0.5, 0.6) is 11.5 Å². The number of fused-ring (bicyclic) bond motifs is 2. The van der Waals surface area contributed by atoms with E-state index in [1.807, 2.05) is 48.5 Å². The van der Waals surface area contributed by atoms with Crippen LogP contribution in [0.4, 0.5) is 4.79 Å². The van der Waals surface area contributed by atoms with Gasteiger partial charge in [0.15, 0.2) is 0 Å². The molecule has 0 bridgehead atoms. The fourth-order valence-corrected chi connectivity index (χ4v) is 10.2. The summed E-state index contributed by atoms with van der Waals surface area (Å²) in [6, 6.07) is 18.5. The summed E-state index contributed by atoms with van der Waals surface area (Å²) < 4.78 is 5.86. The number of aromatic hydroxyl groups is 1. The molecule has 22 heteroatoms. The van der Waals surface area contributed by atoms with Gasteiger partial charge in [0.2, 0.25) is 35.4 Å². The van der Waals surface area contributed by atoms with Gasteiger partial charge in [-0.05, 0) is 117 Å². The van der Waals surface area contributed by atoms with Crippen LogP contribution < -0.4 is 42.0 Å². The van der Waals surface area contributed by atoms with Crippen molar-refractivity contribution in [3.63, 3.8) is 0 Å². The molecule has 434 valence electrons. The van der Waals surface area contributed by atoms with E-state index in [-0.39, 0.29) is 62.9 Å². The number of urea groups is 1. The van der Waals surface area contributed by atoms with Gasteiger partial charge in [-0.3, -0.25) is 33.6 Å². The number of nitrogens with zero attached hydrogens (tertiary/aromatic N) is 2. The van der Waals surface area contributed by atoms with Crippen molar-refractivity contribution in [2.45, 2.75) is 139 Å². The second-order valence-corrected chi connectivity index (χ2v) is 21.0. The molecule has 0 aromatic heterocycles. The van der Waals surface area contributed by atoms with Crippen molar-refractivity contribution in [3.05, 3.63) is 108 Å². The number of benzene rings is 4. The zero-order valence-electron chi connectivity index (χ0n) is 46.1. The van der Waals surface area contributed by atoms with Crippen molar-refractivity contribution in [1.29, 1.82) is 0 Å². The number of phenolic OH excluding ortho intramolecular Hbond substituents is 1. The zero-order chi connectivity index (χ0) is 58.3. The topological polar surface area (TPSA) is 317 Å². The number of unbranched alkanes of at least 4 members (excludes halogenated alkanes) is 2. The van der Waals surface area contributed by atoms with Gasteiger partial charge in [-0.2, -0.15) is 0 Å². The number of aryl methyl sites for hydroxylation is 1. The highest BCUT2D eigenvalue weighted by molar-refractivity contribution is 6.00. The number of ether oxygens (including phenoxy) is 1. The highest BCUT2D eigenvalue weighted by atomic mass is 16.5. The average molecular weight is 1120 g/mol. The van der Waals surface area contributed by atoms with E-state index in [1.54, 1.807) is 36.4 Å². The first kappa shape index (κ1) is 60.6. The van der Waals surface area contributed by atoms with Gasteiger partial charge >= 0.3 is 6.03 Å². The number of aliphatic hydroxyl groups excluding tert-OH is 3. The maximum Gasteiger partial charge on any atom is 0.314 e. The number of carbonyl (C=O) groups excluding carboxylic acids is 8. The number of phenols is 1. The fraction of sp³-hybridized carbons (Fsp3) is 0.458. The SMILES string of the molecule is CCCCCOc1ccc(-c2ccc(-c3ccc(C(=O)NC4CCCNC(=O)C5C[C@H](NC(=O)NC)CN5C(=O)C([C@@H](C)O)NC(=O)C(CCc5ccc(O)cc5)NC(=O)C5C[C@@H](O)CN5C(=O)C([C@@H](C)O)NC4=O)cc3)cc2)cc1. The predicted molar refractivity (Wildman–Crippen MR) is 299 cm³/mol. The van der Waals surface area contributed by atoms with Crippen LogP contribution in [0.15, 0.2) is 97.1 Å². The first-order valence-electron chi connectivity index (χ1n) is 27.7. The minimum atomic E-state index is -1.71. The van der Waals surface area contributed by atoms with E-state index in [0.29, 0.717) is 12.2 Å². The maximum absolute atomic E-state index is 14.5. The molecule has 0 saturated carbocycles. The number of rotatable bonds is 15. The molecule has 10 atom stereocenters. The van der Waals surface area contributed by atoms with E-state index in [1.165, 1.54) is 33.0 Å². The monoisotopic (exact) mass is 1120 g/mol. The van der Waals surface area contributed by atoms with Crippen LogP contribution in [-0.2, 0) is 35.2 Å². The molecular weight excluding hydrogens is 1040 g/mol. The predicted octanol–water partition coefficient (Wildman–Crippen LogP) is 2.01. The fourth-order valence-electron chi connectivity index (χ4n) is 10.2. The third-order valence-electron chi connectivity index (χ3n) is 14.9.